The van der Waals surface area contributed by atoms with E-state index in [0.717, 1.165) is 11.1 Å². The summed E-state index contributed by atoms with van der Waals surface area (Å²) in [6.45, 7) is -0.636. The standard InChI is InChI=1S/C22H24N2O7/c25-19(15-31-24-20(26)12-11-16-7-3-1-4-8-16)18(13-21(27)28)23-22(29)30-14-17-9-5-2-6-10-17/h1-10,18H,11-15H2,(H,23,29)(H,24,26)(H,27,28)/t18-/m0/s1. The predicted octanol–water partition coefficient (Wildman–Crippen LogP) is 2.01. The Morgan fingerprint density at radius 1 is 0.903 bits per heavy atom. The summed E-state index contributed by atoms with van der Waals surface area (Å²) >= 11 is 0. The summed E-state index contributed by atoms with van der Waals surface area (Å²) in [5.74, 6) is -2.43. The number of benzene rings is 2. The molecule has 0 fully saturated rings. The minimum Gasteiger partial charge on any atom is -0.481 e. The molecule has 9 nitrogen and oxygen atoms in total. The third-order valence-corrected chi connectivity index (χ3v) is 4.16. The molecule has 31 heavy (non-hydrogen) atoms. The molecule has 9 heteroatoms. The van der Waals surface area contributed by atoms with E-state index < -0.39 is 42.8 Å². The molecule has 0 saturated heterocycles. The van der Waals surface area contributed by atoms with Gasteiger partial charge in [0, 0.05) is 6.42 Å². The van der Waals surface area contributed by atoms with Gasteiger partial charge in [-0.25, -0.2) is 10.3 Å². The smallest absolute Gasteiger partial charge is 0.408 e. The maximum absolute atomic E-state index is 12.2. The van der Waals surface area contributed by atoms with Gasteiger partial charge in [-0.2, -0.15) is 0 Å². The van der Waals surface area contributed by atoms with Crippen LogP contribution in [0.5, 0.6) is 0 Å². The van der Waals surface area contributed by atoms with Crippen LogP contribution in [0.2, 0.25) is 0 Å². The van der Waals surface area contributed by atoms with Crippen LogP contribution in [0.15, 0.2) is 60.7 Å². The number of alkyl carbamates (subject to hydrolysis) is 1. The van der Waals surface area contributed by atoms with Gasteiger partial charge in [-0.15, -0.1) is 0 Å². The van der Waals surface area contributed by atoms with Crippen molar-refractivity contribution in [3.05, 3.63) is 71.8 Å². The van der Waals surface area contributed by atoms with Crippen molar-refractivity contribution in [2.45, 2.75) is 31.9 Å². The van der Waals surface area contributed by atoms with E-state index in [-0.39, 0.29) is 13.0 Å². The maximum atomic E-state index is 12.2. The number of carbonyl (C=O) groups is 4. The van der Waals surface area contributed by atoms with Gasteiger partial charge in [-0.1, -0.05) is 60.7 Å². The second-order valence-corrected chi connectivity index (χ2v) is 6.62. The van der Waals surface area contributed by atoms with Crippen LogP contribution in [0.1, 0.15) is 24.0 Å². The molecule has 2 aromatic rings. The first-order chi connectivity index (χ1) is 14.9. The number of hydrogen-bond acceptors (Lipinski definition) is 6. The Bertz CT molecular complexity index is 872. The number of hydroxylamine groups is 1. The van der Waals surface area contributed by atoms with Crippen LogP contribution in [0.3, 0.4) is 0 Å². The second kappa shape index (κ2) is 12.8. The zero-order valence-electron chi connectivity index (χ0n) is 16.8. The fourth-order valence-electron chi connectivity index (χ4n) is 2.57. The first kappa shape index (κ1) is 23.6. The number of aryl methyl sites for hydroxylation is 1. The van der Waals surface area contributed by atoms with Gasteiger partial charge in [0.1, 0.15) is 19.3 Å². The lowest BCUT2D eigenvalue weighted by Gasteiger charge is -2.16. The van der Waals surface area contributed by atoms with Crippen molar-refractivity contribution in [3.63, 3.8) is 0 Å². The van der Waals surface area contributed by atoms with Crippen molar-refractivity contribution in [1.29, 1.82) is 0 Å². The summed E-state index contributed by atoms with van der Waals surface area (Å²) in [5, 5.41) is 11.2. The van der Waals surface area contributed by atoms with E-state index in [1.165, 1.54) is 0 Å². The van der Waals surface area contributed by atoms with Gasteiger partial charge in [-0.05, 0) is 17.5 Å². The zero-order chi connectivity index (χ0) is 22.5. The summed E-state index contributed by atoms with van der Waals surface area (Å²) in [6, 6.07) is 16.9. The topological polar surface area (TPSA) is 131 Å². The quantitative estimate of drug-likeness (QED) is 0.441. The molecule has 0 unspecified atom stereocenters. The van der Waals surface area contributed by atoms with Crippen LogP contribution in [0.25, 0.3) is 0 Å². The van der Waals surface area contributed by atoms with Gasteiger partial charge < -0.3 is 15.2 Å². The third-order valence-electron chi connectivity index (χ3n) is 4.16. The van der Waals surface area contributed by atoms with E-state index >= 15 is 0 Å². The van der Waals surface area contributed by atoms with Gasteiger partial charge in [0.15, 0.2) is 5.78 Å². The SMILES string of the molecule is O=C(O)C[C@H](NC(=O)OCc1ccccc1)C(=O)CONC(=O)CCc1ccccc1. The largest absolute Gasteiger partial charge is 0.481 e. The molecule has 0 saturated carbocycles. The Labute approximate surface area is 179 Å². The van der Waals surface area contributed by atoms with Gasteiger partial charge in [0.05, 0.1) is 6.42 Å². The van der Waals surface area contributed by atoms with Gasteiger partial charge in [0.2, 0.25) is 5.91 Å². The van der Waals surface area contributed by atoms with Crippen LogP contribution in [-0.4, -0.2) is 41.5 Å². The number of carboxylic acid groups (broad SMARTS) is 1. The predicted molar refractivity (Wildman–Crippen MR) is 110 cm³/mol. The molecule has 2 rings (SSSR count). The molecule has 0 aliphatic heterocycles. The molecule has 0 spiro atoms. The number of Topliss-reactive ketones (excluding diaryl/α,β-unsaturated/α-hetero) is 1. The normalized spacial score (nSPS) is 11.2. The number of carboxylic acids is 1. The average molecular weight is 428 g/mol. The molecule has 3 N–H and O–H groups in total. The van der Waals surface area contributed by atoms with E-state index in [2.05, 4.69) is 10.8 Å². The Hall–Kier alpha value is -3.72. The molecular weight excluding hydrogens is 404 g/mol. The van der Waals surface area contributed by atoms with E-state index in [1.807, 2.05) is 36.4 Å². The molecule has 0 radical (unpaired) electrons. The molecule has 0 aliphatic rings. The number of nitrogens with one attached hydrogen (secondary N) is 2. The van der Waals surface area contributed by atoms with Crippen LogP contribution in [-0.2, 0) is 37.0 Å². The molecule has 1 atom stereocenters. The van der Waals surface area contributed by atoms with Crippen molar-refractivity contribution in [3.8, 4) is 0 Å². The van der Waals surface area contributed by atoms with E-state index in [1.54, 1.807) is 24.3 Å². The first-order valence-corrected chi connectivity index (χ1v) is 9.60. The van der Waals surface area contributed by atoms with E-state index in [9.17, 15) is 19.2 Å². The fourth-order valence-corrected chi connectivity index (χ4v) is 2.57. The number of ketones is 1. The van der Waals surface area contributed by atoms with Crippen molar-refractivity contribution < 1.29 is 33.9 Å². The lowest BCUT2D eigenvalue weighted by molar-refractivity contribution is -0.143. The third kappa shape index (κ3) is 9.55. The highest BCUT2D eigenvalue weighted by Crippen LogP contribution is 2.03. The molecule has 0 heterocycles. The highest BCUT2D eigenvalue weighted by Gasteiger charge is 2.24. The lowest BCUT2D eigenvalue weighted by atomic mass is 10.1. The van der Waals surface area contributed by atoms with Crippen molar-refractivity contribution in [2.24, 2.45) is 0 Å². The molecule has 0 aliphatic carbocycles. The Morgan fingerprint density at radius 3 is 2.13 bits per heavy atom. The van der Waals surface area contributed by atoms with E-state index in [0.29, 0.717) is 6.42 Å². The van der Waals surface area contributed by atoms with E-state index in [4.69, 9.17) is 14.7 Å². The molecule has 164 valence electrons. The summed E-state index contributed by atoms with van der Waals surface area (Å²) in [5.41, 5.74) is 3.86. The lowest BCUT2D eigenvalue weighted by Crippen LogP contribution is -2.45. The number of rotatable bonds is 12. The maximum Gasteiger partial charge on any atom is 0.408 e. The van der Waals surface area contributed by atoms with Gasteiger partial charge in [0.25, 0.3) is 0 Å². The number of carbonyl (C=O) groups excluding carboxylic acids is 3. The molecule has 0 bridgehead atoms. The zero-order valence-corrected chi connectivity index (χ0v) is 16.8. The van der Waals surface area contributed by atoms with Crippen LogP contribution in [0, 0.1) is 0 Å². The van der Waals surface area contributed by atoms with Crippen LogP contribution < -0.4 is 10.8 Å². The monoisotopic (exact) mass is 428 g/mol. The summed E-state index contributed by atoms with van der Waals surface area (Å²) in [4.78, 5) is 51.9. The average Bonchev–Trinajstić information content (AvgIpc) is 2.77. The van der Waals surface area contributed by atoms with Crippen molar-refractivity contribution in [1.82, 2.24) is 10.8 Å². The Kier molecular flexibility index (Phi) is 9.70. The first-order valence-electron chi connectivity index (χ1n) is 9.60. The molecular formula is C22H24N2O7. The highest BCUT2D eigenvalue weighted by molar-refractivity contribution is 5.91. The molecule has 0 aromatic heterocycles. The van der Waals surface area contributed by atoms with Gasteiger partial charge in [-0.3, -0.25) is 19.2 Å². The summed E-state index contributed by atoms with van der Waals surface area (Å²) < 4.78 is 5.00. The van der Waals surface area contributed by atoms with Crippen LogP contribution in [0.4, 0.5) is 4.79 Å². The van der Waals surface area contributed by atoms with Crippen molar-refractivity contribution in [2.75, 3.05) is 6.61 Å². The minimum absolute atomic E-state index is 0.0331. The highest BCUT2D eigenvalue weighted by atomic mass is 16.7. The van der Waals surface area contributed by atoms with Crippen molar-refractivity contribution >= 4 is 23.8 Å². The Morgan fingerprint density at radius 2 is 1.52 bits per heavy atom. The number of ether oxygens (including phenoxy) is 1. The summed E-state index contributed by atoms with van der Waals surface area (Å²) in [7, 11) is 0. The number of amides is 2. The summed E-state index contributed by atoms with van der Waals surface area (Å²) in [6.07, 6.45) is -0.929. The molecule has 2 amide bonds. The fraction of sp³-hybridized carbons (Fsp3) is 0.273. The second-order valence-electron chi connectivity index (χ2n) is 6.62. The van der Waals surface area contributed by atoms with Gasteiger partial charge >= 0.3 is 12.1 Å². The number of aliphatic carboxylic acids is 1. The Balaban J connectivity index is 1.74. The molecule has 2 aromatic carbocycles. The minimum atomic E-state index is -1.36. The number of hydrogen-bond donors (Lipinski definition) is 3. The van der Waals surface area contributed by atoms with Crippen LogP contribution >= 0.6 is 0 Å².